The van der Waals surface area contributed by atoms with Crippen LogP contribution in [0.2, 0.25) is 0 Å². The first-order valence-electron chi connectivity index (χ1n) is 2.37. The number of H-pyrrole nitrogens is 1. The highest BCUT2D eigenvalue weighted by molar-refractivity contribution is 7.80. The second-order valence-corrected chi connectivity index (χ2v) is 3.74. The standard InChI is InChI=1S/C4H5N3S3/c5-2(6)1-3(8)7-4(9)10-1/h8H,(H3,5,6)(H,7,9). The van der Waals surface area contributed by atoms with Crippen LogP contribution < -0.4 is 5.73 Å². The van der Waals surface area contributed by atoms with Crippen molar-refractivity contribution in [2.75, 3.05) is 0 Å². The van der Waals surface area contributed by atoms with Gasteiger partial charge >= 0.3 is 0 Å². The van der Waals surface area contributed by atoms with Crippen LogP contribution in [0.4, 0.5) is 0 Å². The summed E-state index contributed by atoms with van der Waals surface area (Å²) in [5.41, 5.74) is 5.21. The van der Waals surface area contributed by atoms with E-state index in [1.54, 1.807) is 0 Å². The van der Waals surface area contributed by atoms with Crippen LogP contribution in [0, 0.1) is 9.36 Å². The lowest BCUT2D eigenvalue weighted by molar-refractivity contribution is 1.18. The van der Waals surface area contributed by atoms with Gasteiger partial charge in [0.1, 0.15) is 10.7 Å². The van der Waals surface area contributed by atoms with Gasteiger partial charge in [0.05, 0.1) is 5.03 Å². The van der Waals surface area contributed by atoms with Crippen molar-refractivity contribution in [1.29, 1.82) is 5.41 Å². The Balaban J connectivity index is 3.28. The van der Waals surface area contributed by atoms with E-state index >= 15 is 0 Å². The Hall–Kier alpha value is -0.330. The lowest BCUT2D eigenvalue weighted by atomic mass is 10.5. The summed E-state index contributed by atoms with van der Waals surface area (Å²) < 4.78 is 0.593. The number of hydrogen-bond donors (Lipinski definition) is 4. The van der Waals surface area contributed by atoms with E-state index in [4.69, 9.17) is 23.4 Å². The molecule has 10 heavy (non-hydrogen) atoms. The first-order valence-corrected chi connectivity index (χ1v) is 4.05. The predicted octanol–water partition coefficient (Wildman–Crippen LogP) is 1.38. The van der Waals surface area contributed by atoms with Crippen LogP contribution in [0.1, 0.15) is 4.88 Å². The van der Waals surface area contributed by atoms with Crippen LogP contribution in [0.25, 0.3) is 0 Å². The summed E-state index contributed by atoms with van der Waals surface area (Å²) in [5, 5.41) is 7.63. The number of nitrogens with two attached hydrogens (primary N) is 1. The molecule has 6 heteroatoms. The molecule has 0 saturated heterocycles. The van der Waals surface area contributed by atoms with Crippen LogP contribution in [0.15, 0.2) is 5.03 Å². The lowest BCUT2D eigenvalue weighted by Crippen LogP contribution is -2.09. The fourth-order valence-electron chi connectivity index (χ4n) is 0.503. The average Bonchev–Trinajstić information content (AvgIpc) is 2.10. The number of rotatable bonds is 1. The molecule has 0 unspecified atom stereocenters. The molecular weight excluding hydrogens is 186 g/mol. The highest BCUT2D eigenvalue weighted by Crippen LogP contribution is 2.17. The van der Waals surface area contributed by atoms with Gasteiger partial charge in [0.2, 0.25) is 0 Å². The molecule has 3 nitrogen and oxygen atoms in total. The van der Waals surface area contributed by atoms with E-state index in [1.807, 2.05) is 0 Å². The van der Waals surface area contributed by atoms with E-state index in [9.17, 15) is 0 Å². The largest absolute Gasteiger partial charge is 0.383 e. The minimum atomic E-state index is 0.00218. The van der Waals surface area contributed by atoms with Crippen molar-refractivity contribution < 1.29 is 0 Å². The Bertz CT molecular complexity index is 310. The van der Waals surface area contributed by atoms with E-state index in [0.717, 1.165) is 0 Å². The molecule has 0 saturated carbocycles. The van der Waals surface area contributed by atoms with Crippen molar-refractivity contribution in [1.82, 2.24) is 4.98 Å². The normalized spacial score (nSPS) is 9.70. The zero-order valence-electron chi connectivity index (χ0n) is 4.84. The second-order valence-electron chi connectivity index (χ2n) is 1.61. The molecule has 0 bridgehead atoms. The summed E-state index contributed by atoms with van der Waals surface area (Å²) in [6, 6.07) is 0. The van der Waals surface area contributed by atoms with Crippen LogP contribution in [-0.2, 0) is 0 Å². The van der Waals surface area contributed by atoms with Crippen molar-refractivity contribution in [3.63, 3.8) is 0 Å². The molecule has 0 fully saturated rings. The van der Waals surface area contributed by atoms with Crippen LogP contribution in [0.3, 0.4) is 0 Å². The van der Waals surface area contributed by atoms with Gasteiger partial charge < -0.3 is 10.7 Å². The van der Waals surface area contributed by atoms with Gasteiger partial charge in [-0.2, -0.15) is 0 Å². The molecule has 4 N–H and O–H groups in total. The highest BCUT2D eigenvalue weighted by atomic mass is 32.1. The van der Waals surface area contributed by atoms with Crippen LogP contribution >= 0.6 is 36.2 Å². The van der Waals surface area contributed by atoms with Gasteiger partial charge in [-0.25, -0.2) is 0 Å². The molecule has 54 valence electrons. The zero-order valence-corrected chi connectivity index (χ0v) is 7.37. The van der Waals surface area contributed by atoms with Gasteiger partial charge in [-0.3, -0.25) is 5.41 Å². The summed E-state index contributed by atoms with van der Waals surface area (Å²) in [6.45, 7) is 0. The summed E-state index contributed by atoms with van der Waals surface area (Å²) in [7, 11) is 0. The van der Waals surface area contributed by atoms with Gasteiger partial charge in [0.15, 0.2) is 3.95 Å². The Morgan fingerprint density at radius 3 is 2.60 bits per heavy atom. The predicted molar refractivity (Wildman–Crippen MR) is 47.8 cm³/mol. The number of aromatic nitrogens is 1. The minimum absolute atomic E-state index is 0.00218. The molecule has 0 aliphatic heterocycles. The number of thiazole rings is 1. The molecule has 1 heterocycles. The molecule has 0 aromatic carbocycles. The van der Waals surface area contributed by atoms with Crippen molar-refractivity contribution in [2.45, 2.75) is 5.03 Å². The van der Waals surface area contributed by atoms with Gasteiger partial charge in [-0.1, -0.05) is 0 Å². The molecular formula is C4H5N3S3. The van der Waals surface area contributed by atoms with Gasteiger partial charge in [-0.05, 0) is 12.2 Å². The van der Waals surface area contributed by atoms with Crippen LogP contribution in [-0.4, -0.2) is 10.8 Å². The molecule has 1 aromatic heterocycles. The minimum Gasteiger partial charge on any atom is -0.383 e. The van der Waals surface area contributed by atoms with E-state index < -0.39 is 0 Å². The number of hydrogen-bond acceptors (Lipinski definition) is 4. The number of amidine groups is 1. The Kier molecular flexibility index (Phi) is 2.12. The van der Waals surface area contributed by atoms with E-state index in [2.05, 4.69) is 17.6 Å². The van der Waals surface area contributed by atoms with Gasteiger partial charge in [0.25, 0.3) is 0 Å². The summed E-state index contributed by atoms with van der Waals surface area (Å²) in [6.07, 6.45) is 0. The Morgan fingerprint density at radius 2 is 2.40 bits per heavy atom. The third kappa shape index (κ3) is 1.39. The highest BCUT2D eigenvalue weighted by Gasteiger charge is 2.03. The average molecular weight is 191 g/mol. The molecule has 1 rings (SSSR count). The third-order valence-electron chi connectivity index (χ3n) is 0.875. The number of nitrogens with one attached hydrogen (secondary N) is 2. The van der Waals surface area contributed by atoms with Gasteiger partial charge in [-0.15, -0.1) is 24.0 Å². The summed E-state index contributed by atoms with van der Waals surface area (Å²) in [4.78, 5) is 3.37. The monoisotopic (exact) mass is 191 g/mol. The number of nitrogen functional groups attached to an aromatic ring is 1. The first-order chi connectivity index (χ1) is 4.61. The maximum Gasteiger partial charge on any atom is 0.159 e. The Morgan fingerprint density at radius 1 is 1.80 bits per heavy atom. The van der Waals surface area contributed by atoms with Crippen molar-refractivity contribution >= 4 is 42.0 Å². The second kappa shape index (κ2) is 2.73. The van der Waals surface area contributed by atoms with Gasteiger partial charge in [0, 0.05) is 0 Å². The Labute approximate surface area is 72.2 Å². The molecule has 0 amide bonds. The van der Waals surface area contributed by atoms with E-state index in [-0.39, 0.29) is 5.84 Å². The quantitative estimate of drug-likeness (QED) is 0.234. The first kappa shape index (κ1) is 7.77. The molecule has 0 spiro atoms. The maximum atomic E-state index is 7.06. The smallest absolute Gasteiger partial charge is 0.159 e. The summed E-state index contributed by atoms with van der Waals surface area (Å²) >= 11 is 10.1. The van der Waals surface area contributed by atoms with Crippen molar-refractivity contribution in [3.05, 3.63) is 8.83 Å². The summed E-state index contributed by atoms with van der Waals surface area (Å²) in [5.74, 6) is 0.00218. The van der Waals surface area contributed by atoms with Crippen molar-refractivity contribution in [3.8, 4) is 0 Å². The lowest BCUT2D eigenvalue weighted by Gasteiger charge is -1.89. The number of thiol groups is 1. The third-order valence-corrected chi connectivity index (χ3v) is 2.63. The maximum absolute atomic E-state index is 7.06. The zero-order chi connectivity index (χ0) is 7.72. The molecule has 1 aromatic rings. The SMILES string of the molecule is N=C(N)c1sc(=S)[nH]c1S. The van der Waals surface area contributed by atoms with E-state index in [1.165, 1.54) is 11.3 Å². The number of aromatic amines is 1. The molecule has 0 radical (unpaired) electrons. The molecule has 0 aliphatic rings. The van der Waals surface area contributed by atoms with Crippen LogP contribution in [0.5, 0.6) is 0 Å². The fraction of sp³-hybridized carbons (Fsp3) is 0. The van der Waals surface area contributed by atoms with E-state index in [0.29, 0.717) is 13.9 Å². The molecule has 0 atom stereocenters. The molecule has 0 aliphatic carbocycles. The van der Waals surface area contributed by atoms with Crippen molar-refractivity contribution in [2.24, 2.45) is 5.73 Å². The fourth-order valence-corrected chi connectivity index (χ4v) is 1.97. The topological polar surface area (TPSA) is 65.7 Å².